The number of carbonyl (C=O) groups is 2. The minimum absolute atomic E-state index is 0.0435. The maximum Gasteiger partial charge on any atom is 0.356 e. The lowest BCUT2D eigenvalue weighted by atomic mass is 10.2. The average Bonchev–Trinajstić information content (AvgIpc) is 2.87. The van der Waals surface area contributed by atoms with Gasteiger partial charge in [-0.25, -0.2) is 14.6 Å². The number of rotatable bonds is 3. The van der Waals surface area contributed by atoms with Crippen molar-refractivity contribution in [2.75, 3.05) is 0 Å². The smallest absolute Gasteiger partial charge is 0.356 e. The molecule has 0 radical (unpaired) electrons. The summed E-state index contributed by atoms with van der Waals surface area (Å²) in [6.45, 7) is 0. The fraction of sp³-hybridized carbons (Fsp3) is 0. The summed E-state index contributed by atoms with van der Waals surface area (Å²) in [5.41, 5.74) is 0.835. The molecule has 0 aliphatic heterocycles. The number of hydrogen-bond acceptors (Lipinski definition) is 4. The number of pyridine rings is 2. The first kappa shape index (κ1) is 12.8. The van der Waals surface area contributed by atoms with Gasteiger partial charge >= 0.3 is 11.9 Å². The zero-order valence-electron chi connectivity index (χ0n) is 10.6. The molecule has 3 heterocycles. The van der Waals surface area contributed by atoms with Crippen LogP contribution in [0.25, 0.3) is 16.9 Å². The van der Waals surface area contributed by atoms with E-state index in [1.807, 2.05) is 0 Å². The molecule has 3 rings (SSSR count). The van der Waals surface area contributed by atoms with Crippen molar-refractivity contribution in [2.45, 2.75) is 0 Å². The summed E-state index contributed by atoms with van der Waals surface area (Å²) in [5.74, 6) is -1.94. The van der Waals surface area contributed by atoms with Gasteiger partial charge in [0.1, 0.15) is 5.82 Å². The first-order valence-electron chi connectivity index (χ1n) is 5.97. The van der Waals surface area contributed by atoms with E-state index < -0.39 is 11.9 Å². The Labute approximate surface area is 118 Å². The van der Waals surface area contributed by atoms with Crippen LogP contribution in [0.5, 0.6) is 0 Å². The second-order valence-electron chi connectivity index (χ2n) is 4.31. The summed E-state index contributed by atoms with van der Waals surface area (Å²) in [6.07, 6.45) is 4.47. The van der Waals surface area contributed by atoms with Crippen LogP contribution in [0.4, 0.5) is 0 Å². The quantitative estimate of drug-likeness (QED) is 0.759. The normalized spacial score (nSPS) is 10.7. The molecule has 0 saturated heterocycles. The van der Waals surface area contributed by atoms with Gasteiger partial charge in [0, 0.05) is 24.2 Å². The van der Waals surface area contributed by atoms with Crippen LogP contribution in [-0.4, -0.2) is 36.5 Å². The van der Waals surface area contributed by atoms with E-state index >= 15 is 0 Å². The lowest BCUT2D eigenvalue weighted by Crippen LogP contribution is -2.00. The summed E-state index contributed by atoms with van der Waals surface area (Å²) in [7, 11) is 0. The van der Waals surface area contributed by atoms with E-state index in [0.29, 0.717) is 16.9 Å². The molecule has 21 heavy (non-hydrogen) atoms. The van der Waals surface area contributed by atoms with E-state index in [9.17, 15) is 14.7 Å². The van der Waals surface area contributed by atoms with Crippen molar-refractivity contribution in [3.05, 3.63) is 54.1 Å². The van der Waals surface area contributed by atoms with Crippen LogP contribution in [-0.2, 0) is 0 Å². The van der Waals surface area contributed by atoms with Crippen molar-refractivity contribution >= 4 is 17.5 Å². The van der Waals surface area contributed by atoms with Gasteiger partial charge in [0.05, 0.1) is 11.1 Å². The maximum absolute atomic E-state index is 11.3. The third-order valence-electron chi connectivity index (χ3n) is 3.01. The molecular weight excluding hydrogens is 274 g/mol. The van der Waals surface area contributed by atoms with Crippen molar-refractivity contribution in [3.63, 3.8) is 0 Å². The summed E-state index contributed by atoms with van der Waals surface area (Å²) in [6, 6.07) is 6.19. The van der Waals surface area contributed by atoms with Gasteiger partial charge in [-0.2, -0.15) is 0 Å². The van der Waals surface area contributed by atoms with E-state index in [-0.39, 0.29) is 11.3 Å². The number of hydrogen-bond donors (Lipinski definition) is 2. The highest BCUT2D eigenvalue weighted by molar-refractivity contribution is 5.96. The first-order valence-corrected chi connectivity index (χ1v) is 5.97. The van der Waals surface area contributed by atoms with Crippen molar-refractivity contribution in [1.82, 2.24) is 14.4 Å². The molecule has 0 aliphatic rings. The second-order valence-corrected chi connectivity index (χ2v) is 4.31. The number of aromatic nitrogens is 3. The van der Waals surface area contributed by atoms with E-state index in [2.05, 4.69) is 9.97 Å². The van der Waals surface area contributed by atoms with E-state index in [0.717, 1.165) is 0 Å². The molecule has 0 amide bonds. The maximum atomic E-state index is 11.3. The Morgan fingerprint density at radius 1 is 1.10 bits per heavy atom. The zero-order valence-corrected chi connectivity index (χ0v) is 10.6. The molecule has 3 aromatic heterocycles. The first-order chi connectivity index (χ1) is 10.1. The number of aromatic carboxylic acids is 2. The highest BCUT2D eigenvalue weighted by atomic mass is 16.4. The molecule has 2 N–H and O–H groups in total. The molecule has 0 aromatic carbocycles. The molecule has 7 nitrogen and oxygen atoms in total. The topological polar surface area (TPSA) is 105 Å². The number of nitrogens with zero attached hydrogens (tertiary/aromatic N) is 3. The van der Waals surface area contributed by atoms with Gasteiger partial charge < -0.3 is 10.2 Å². The molecule has 0 bridgehead atoms. The molecule has 7 heteroatoms. The molecule has 0 fully saturated rings. The third-order valence-corrected chi connectivity index (χ3v) is 3.01. The van der Waals surface area contributed by atoms with Crippen LogP contribution in [0.3, 0.4) is 0 Å². The van der Waals surface area contributed by atoms with Gasteiger partial charge in [-0.15, -0.1) is 0 Å². The largest absolute Gasteiger partial charge is 0.478 e. The highest BCUT2D eigenvalue weighted by Gasteiger charge is 2.19. The van der Waals surface area contributed by atoms with Crippen LogP contribution in [0.15, 0.2) is 42.9 Å². The summed E-state index contributed by atoms with van der Waals surface area (Å²) in [4.78, 5) is 30.4. The fourth-order valence-corrected chi connectivity index (χ4v) is 2.07. The summed E-state index contributed by atoms with van der Waals surface area (Å²) >= 11 is 0. The molecule has 0 aliphatic carbocycles. The Kier molecular flexibility index (Phi) is 2.87. The number of imidazole rings is 1. The van der Waals surface area contributed by atoms with Gasteiger partial charge in [-0.3, -0.25) is 9.38 Å². The van der Waals surface area contributed by atoms with E-state index in [1.54, 1.807) is 18.3 Å². The highest BCUT2D eigenvalue weighted by Crippen LogP contribution is 2.23. The molecule has 104 valence electrons. The monoisotopic (exact) mass is 283 g/mol. The van der Waals surface area contributed by atoms with Crippen LogP contribution >= 0.6 is 0 Å². The lowest BCUT2D eigenvalue weighted by molar-refractivity contribution is 0.0685. The molecule has 0 spiro atoms. The van der Waals surface area contributed by atoms with E-state index in [4.69, 9.17) is 5.11 Å². The number of fused-ring (bicyclic) bond motifs is 1. The van der Waals surface area contributed by atoms with Crippen LogP contribution in [0.2, 0.25) is 0 Å². The SMILES string of the molecule is O=C(O)c1ccc2c(C(=O)O)nc(-c3cccnc3)n2c1. The Balaban J connectivity index is 2.35. The Hall–Kier alpha value is -3.22. The van der Waals surface area contributed by atoms with Crippen molar-refractivity contribution < 1.29 is 19.8 Å². The summed E-state index contributed by atoms with van der Waals surface area (Å²) in [5, 5.41) is 18.3. The minimum atomic E-state index is -1.18. The van der Waals surface area contributed by atoms with Crippen molar-refractivity contribution in [1.29, 1.82) is 0 Å². The van der Waals surface area contributed by atoms with Crippen molar-refractivity contribution in [2.24, 2.45) is 0 Å². The Morgan fingerprint density at radius 2 is 1.90 bits per heavy atom. The third kappa shape index (κ3) is 2.10. The van der Waals surface area contributed by atoms with Crippen LogP contribution < -0.4 is 0 Å². The van der Waals surface area contributed by atoms with E-state index in [1.165, 1.54) is 28.9 Å². The lowest BCUT2D eigenvalue weighted by Gasteiger charge is -2.02. The molecule has 0 atom stereocenters. The van der Waals surface area contributed by atoms with Gasteiger partial charge in [-0.1, -0.05) is 0 Å². The average molecular weight is 283 g/mol. The Morgan fingerprint density at radius 3 is 2.52 bits per heavy atom. The minimum Gasteiger partial charge on any atom is -0.478 e. The predicted octanol–water partition coefficient (Wildman–Crippen LogP) is 1.79. The summed E-state index contributed by atoms with van der Waals surface area (Å²) < 4.78 is 1.45. The molecule has 0 unspecified atom stereocenters. The zero-order chi connectivity index (χ0) is 15.0. The standard InChI is InChI=1S/C14H9N3O4/c18-13(19)9-3-4-10-11(14(20)21)16-12(17(10)7-9)8-2-1-5-15-6-8/h1-7H,(H,18,19)(H,20,21). The van der Waals surface area contributed by atoms with Crippen molar-refractivity contribution in [3.8, 4) is 11.4 Å². The number of carboxylic acids is 2. The van der Waals surface area contributed by atoms with Gasteiger partial charge in [0.25, 0.3) is 0 Å². The molecular formula is C14H9N3O4. The van der Waals surface area contributed by atoms with Crippen LogP contribution in [0.1, 0.15) is 20.8 Å². The predicted molar refractivity (Wildman–Crippen MR) is 72.3 cm³/mol. The van der Waals surface area contributed by atoms with Gasteiger partial charge in [-0.05, 0) is 24.3 Å². The molecule has 0 saturated carbocycles. The number of carboxylic acid groups (broad SMARTS) is 2. The second kappa shape index (κ2) is 4.71. The fourth-order valence-electron chi connectivity index (χ4n) is 2.07. The van der Waals surface area contributed by atoms with Crippen LogP contribution in [0, 0.1) is 0 Å². The van der Waals surface area contributed by atoms with Gasteiger partial charge in [0.15, 0.2) is 5.69 Å². The molecule has 3 aromatic rings. The van der Waals surface area contributed by atoms with Gasteiger partial charge in [0.2, 0.25) is 0 Å². The Bertz CT molecular complexity index is 855.